The van der Waals surface area contributed by atoms with Gasteiger partial charge >= 0.3 is 5.97 Å². The average Bonchev–Trinajstić information content (AvgIpc) is 2.91. The van der Waals surface area contributed by atoms with Crippen LogP contribution in [0.25, 0.3) is 22.2 Å². The summed E-state index contributed by atoms with van der Waals surface area (Å²) < 4.78 is 16.8. The Morgan fingerprint density at radius 3 is 2.60 bits per heavy atom. The molecule has 0 radical (unpaired) electrons. The van der Waals surface area contributed by atoms with Gasteiger partial charge in [-0.05, 0) is 30.3 Å². The number of aryl methyl sites for hydroxylation is 1. The molecule has 0 fully saturated rings. The second-order valence-corrected chi connectivity index (χ2v) is 4.78. The normalized spacial score (nSPS) is 11.2. The summed E-state index contributed by atoms with van der Waals surface area (Å²) in [6.07, 6.45) is 1.88. The Labute approximate surface area is 114 Å². The number of aromatic carboxylic acids is 1. The summed E-state index contributed by atoms with van der Waals surface area (Å²) in [5.41, 5.74) is 2.68. The van der Waals surface area contributed by atoms with E-state index in [9.17, 15) is 9.18 Å². The van der Waals surface area contributed by atoms with E-state index in [4.69, 9.17) is 5.11 Å². The van der Waals surface area contributed by atoms with Gasteiger partial charge in [0.05, 0.1) is 11.2 Å². The van der Waals surface area contributed by atoms with E-state index >= 15 is 0 Å². The smallest absolute Gasteiger partial charge is 0.352 e. The van der Waals surface area contributed by atoms with E-state index in [1.807, 2.05) is 17.8 Å². The Balaban J connectivity index is 2.28. The van der Waals surface area contributed by atoms with Crippen molar-refractivity contribution in [1.82, 2.24) is 9.13 Å². The van der Waals surface area contributed by atoms with Crippen LogP contribution in [0, 0.1) is 5.82 Å². The first-order valence-corrected chi connectivity index (χ1v) is 6.13. The highest BCUT2D eigenvalue weighted by atomic mass is 19.1. The van der Waals surface area contributed by atoms with Crippen LogP contribution in [0.1, 0.15) is 10.5 Å². The second-order valence-electron chi connectivity index (χ2n) is 4.78. The Morgan fingerprint density at radius 2 is 1.95 bits per heavy atom. The van der Waals surface area contributed by atoms with Gasteiger partial charge in [-0.1, -0.05) is 0 Å². The highest BCUT2D eigenvalue weighted by molar-refractivity contribution is 5.96. The number of carboxylic acid groups (broad SMARTS) is 1. The van der Waals surface area contributed by atoms with Gasteiger partial charge < -0.3 is 14.2 Å². The predicted molar refractivity (Wildman–Crippen MR) is 74.2 cm³/mol. The fourth-order valence-electron chi connectivity index (χ4n) is 2.56. The van der Waals surface area contributed by atoms with Gasteiger partial charge in [-0.15, -0.1) is 0 Å². The van der Waals surface area contributed by atoms with Crippen LogP contribution < -0.4 is 0 Å². The molecule has 0 spiro atoms. The van der Waals surface area contributed by atoms with Gasteiger partial charge in [0.1, 0.15) is 11.5 Å². The third-order valence-electron chi connectivity index (χ3n) is 3.57. The summed E-state index contributed by atoms with van der Waals surface area (Å²) in [4.78, 5) is 11.1. The topological polar surface area (TPSA) is 47.2 Å². The van der Waals surface area contributed by atoms with Crippen molar-refractivity contribution >= 4 is 16.9 Å². The first kappa shape index (κ1) is 12.5. The van der Waals surface area contributed by atoms with Crippen LogP contribution in [0.15, 0.2) is 36.5 Å². The molecule has 0 unspecified atom stereocenters. The number of fused-ring (bicyclic) bond motifs is 1. The van der Waals surface area contributed by atoms with Crippen LogP contribution in [0.4, 0.5) is 4.39 Å². The van der Waals surface area contributed by atoms with Crippen LogP contribution in [0.3, 0.4) is 0 Å². The van der Waals surface area contributed by atoms with E-state index < -0.39 is 5.97 Å². The molecule has 0 atom stereocenters. The number of hydrogen-bond acceptors (Lipinski definition) is 1. The van der Waals surface area contributed by atoms with Gasteiger partial charge in [0.25, 0.3) is 0 Å². The van der Waals surface area contributed by atoms with Gasteiger partial charge in [0.2, 0.25) is 0 Å². The van der Waals surface area contributed by atoms with Gasteiger partial charge in [-0.2, -0.15) is 0 Å². The van der Waals surface area contributed by atoms with Crippen molar-refractivity contribution in [1.29, 1.82) is 0 Å². The molecule has 5 heteroatoms. The zero-order chi connectivity index (χ0) is 14.4. The number of carboxylic acids is 1. The number of nitrogens with zero attached hydrogens (tertiary/aromatic N) is 2. The molecule has 2 heterocycles. The quantitative estimate of drug-likeness (QED) is 0.779. The van der Waals surface area contributed by atoms with Crippen LogP contribution in [0.2, 0.25) is 0 Å². The van der Waals surface area contributed by atoms with Crippen molar-refractivity contribution < 1.29 is 14.3 Å². The third kappa shape index (κ3) is 1.71. The lowest BCUT2D eigenvalue weighted by Crippen LogP contribution is -2.04. The zero-order valence-corrected chi connectivity index (χ0v) is 11.1. The van der Waals surface area contributed by atoms with Crippen LogP contribution in [-0.2, 0) is 14.1 Å². The van der Waals surface area contributed by atoms with Crippen LogP contribution >= 0.6 is 0 Å². The molecule has 0 aliphatic carbocycles. The number of halogens is 1. The van der Waals surface area contributed by atoms with Crippen LogP contribution in [0.5, 0.6) is 0 Å². The summed E-state index contributed by atoms with van der Waals surface area (Å²) in [5, 5.41) is 10.0. The molecular weight excluding hydrogens is 259 g/mol. The lowest BCUT2D eigenvalue weighted by atomic mass is 10.1. The molecule has 0 saturated heterocycles. The van der Waals surface area contributed by atoms with Crippen molar-refractivity contribution in [3.63, 3.8) is 0 Å². The van der Waals surface area contributed by atoms with Gasteiger partial charge in [0.15, 0.2) is 0 Å². The molecule has 2 aromatic heterocycles. The number of benzene rings is 1. The summed E-state index contributed by atoms with van der Waals surface area (Å²) >= 11 is 0. The molecule has 0 amide bonds. The Hall–Kier alpha value is -2.56. The van der Waals surface area contributed by atoms with Crippen molar-refractivity contribution in [2.24, 2.45) is 14.1 Å². The minimum atomic E-state index is -0.968. The first-order chi connectivity index (χ1) is 9.49. The standard InChI is InChI=1S/C15H13FN2O2/c1-17-8-11(10-4-3-9(16)7-14(10)17)12-5-6-13(15(19)20)18(12)2/h3-8H,1-2H3,(H,19,20). The average molecular weight is 272 g/mol. The fraction of sp³-hybridized carbons (Fsp3) is 0.133. The number of carbonyl (C=O) groups is 1. The molecule has 20 heavy (non-hydrogen) atoms. The van der Waals surface area contributed by atoms with Crippen molar-refractivity contribution in [3.8, 4) is 11.3 Å². The molecule has 3 rings (SSSR count). The number of hydrogen-bond donors (Lipinski definition) is 1. The Kier molecular flexibility index (Phi) is 2.64. The highest BCUT2D eigenvalue weighted by Gasteiger charge is 2.16. The maximum Gasteiger partial charge on any atom is 0.352 e. The lowest BCUT2D eigenvalue weighted by molar-refractivity contribution is 0.0687. The zero-order valence-electron chi connectivity index (χ0n) is 11.1. The first-order valence-electron chi connectivity index (χ1n) is 6.13. The molecule has 0 saturated carbocycles. The van der Waals surface area contributed by atoms with E-state index in [0.29, 0.717) is 0 Å². The van der Waals surface area contributed by atoms with Crippen molar-refractivity contribution in [2.75, 3.05) is 0 Å². The maximum atomic E-state index is 13.3. The predicted octanol–water partition coefficient (Wildman–Crippen LogP) is 3.02. The highest BCUT2D eigenvalue weighted by Crippen LogP contribution is 2.31. The van der Waals surface area contributed by atoms with E-state index in [-0.39, 0.29) is 11.5 Å². The Morgan fingerprint density at radius 1 is 1.20 bits per heavy atom. The molecule has 3 aromatic rings. The second kappa shape index (κ2) is 4.23. The fourth-order valence-corrected chi connectivity index (χ4v) is 2.56. The molecule has 0 aliphatic rings. The van der Waals surface area contributed by atoms with Crippen molar-refractivity contribution in [2.45, 2.75) is 0 Å². The molecule has 0 aliphatic heterocycles. The molecule has 1 aromatic carbocycles. The van der Waals surface area contributed by atoms with Crippen molar-refractivity contribution in [3.05, 3.63) is 48.0 Å². The SMILES string of the molecule is Cn1c(C(=O)O)ccc1-c1cn(C)c2cc(F)ccc12. The summed E-state index contributed by atoms with van der Waals surface area (Å²) in [6, 6.07) is 7.93. The minimum Gasteiger partial charge on any atom is -0.477 e. The molecule has 102 valence electrons. The van der Waals surface area contributed by atoms with E-state index in [0.717, 1.165) is 22.2 Å². The van der Waals surface area contributed by atoms with E-state index in [1.165, 1.54) is 12.1 Å². The molecule has 4 nitrogen and oxygen atoms in total. The van der Waals surface area contributed by atoms with E-state index in [1.54, 1.807) is 29.8 Å². The van der Waals surface area contributed by atoms with Gasteiger partial charge in [0, 0.05) is 31.2 Å². The van der Waals surface area contributed by atoms with Crippen LogP contribution in [-0.4, -0.2) is 20.2 Å². The van der Waals surface area contributed by atoms with E-state index in [2.05, 4.69) is 0 Å². The number of rotatable bonds is 2. The summed E-state index contributed by atoms with van der Waals surface area (Å²) in [5.74, 6) is -1.26. The summed E-state index contributed by atoms with van der Waals surface area (Å²) in [7, 11) is 3.55. The summed E-state index contributed by atoms with van der Waals surface area (Å²) in [6.45, 7) is 0. The molecule has 1 N–H and O–H groups in total. The Bertz CT molecular complexity index is 830. The maximum absolute atomic E-state index is 13.3. The van der Waals surface area contributed by atoms with Gasteiger partial charge in [-0.25, -0.2) is 9.18 Å². The third-order valence-corrected chi connectivity index (χ3v) is 3.57. The molecular formula is C15H13FN2O2. The monoisotopic (exact) mass is 272 g/mol. The molecule has 0 bridgehead atoms. The van der Waals surface area contributed by atoms with Gasteiger partial charge in [-0.3, -0.25) is 0 Å². The minimum absolute atomic E-state index is 0.221. The number of aromatic nitrogens is 2. The largest absolute Gasteiger partial charge is 0.477 e. The lowest BCUT2D eigenvalue weighted by Gasteiger charge is -2.04.